The SMILES string of the molecule is CN(Cc1ccc(Cl)s1)S(=O)(=O)Cc1ccccc1C#N. The first-order valence-corrected chi connectivity index (χ1v) is 8.89. The van der Waals surface area contributed by atoms with Gasteiger partial charge in [0.2, 0.25) is 10.0 Å². The third-order valence-electron chi connectivity index (χ3n) is 2.96. The van der Waals surface area contributed by atoms with Crippen LogP contribution in [0.1, 0.15) is 16.0 Å². The summed E-state index contributed by atoms with van der Waals surface area (Å²) in [7, 11) is -1.96. The average Bonchev–Trinajstić information content (AvgIpc) is 2.84. The molecule has 0 N–H and O–H groups in total. The Labute approximate surface area is 133 Å². The molecule has 1 aromatic heterocycles. The van der Waals surface area contributed by atoms with E-state index in [-0.39, 0.29) is 12.3 Å². The standard InChI is InChI=1S/C14H13ClN2O2S2/c1-17(9-13-6-7-14(15)20-13)21(18,19)10-12-5-3-2-4-11(12)8-16/h2-7H,9-10H2,1H3. The number of benzene rings is 1. The predicted octanol–water partition coefficient (Wildman–Crippen LogP) is 3.23. The highest BCUT2D eigenvalue weighted by Crippen LogP contribution is 2.24. The van der Waals surface area contributed by atoms with Gasteiger partial charge in [0.15, 0.2) is 0 Å². The predicted molar refractivity (Wildman–Crippen MR) is 84.6 cm³/mol. The molecule has 0 atom stereocenters. The van der Waals surface area contributed by atoms with Crippen LogP contribution in [0.15, 0.2) is 36.4 Å². The van der Waals surface area contributed by atoms with Crippen LogP contribution in [-0.2, 0) is 22.3 Å². The monoisotopic (exact) mass is 340 g/mol. The first kappa shape index (κ1) is 16.0. The third kappa shape index (κ3) is 4.05. The largest absolute Gasteiger partial charge is 0.218 e. The lowest BCUT2D eigenvalue weighted by molar-refractivity contribution is 0.469. The molecule has 0 saturated carbocycles. The van der Waals surface area contributed by atoms with Crippen molar-refractivity contribution in [3.8, 4) is 6.07 Å². The van der Waals surface area contributed by atoms with Crippen molar-refractivity contribution in [1.82, 2.24) is 4.31 Å². The van der Waals surface area contributed by atoms with Crippen molar-refractivity contribution in [2.24, 2.45) is 0 Å². The summed E-state index contributed by atoms with van der Waals surface area (Å²) in [6.07, 6.45) is 0. The van der Waals surface area contributed by atoms with Gasteiger partial charge in [0.05, 0.1) is 21.7 Å². The molecule has 0 amide bonds. The van der Waals surface area contributed by atoms with Crippen LogP contribution in [0.3, 0.4) is 0 Å². The van der Waals surface area contributed by atoms with Gasteiger partial charge in [-0.25, -0.2) is 8.42 Å². The molecule has 7 heteroatoms. The van der Waals surface area contributed by atoms with Crippen molar-refractivity contribution in [3.05, 3.63) is 56.7 Å². The van der Waals surface area contributed by atoms with E-state index in [1.54, 1.807) is 30.3 Å². The van der Waals surface area contributed by atoms with Crippen LogP contribution in [0.5, 0.6) is 0 Å². The first-order chi connectivity index (χ1) is 9.92. The van der Waals surface area contributed by atoms with E-state index < -0.39 is 10.0 Å². The molecule has 0 radical (unpaired) electrons. The first-order valence-electron chi connectivity index (χ1n) is 6.08. The van der Waals surface area contributed by atoms with Gasteiger partial charge in [0.1, 0.15) is 0 Å². The second-order valence-electron chi connectivity index (χ2n) is 4.49. The van der Waals surface area contributed by atoms with E-state index in [0.717, 1.165) is 4.88 Å². The lowest BCUT2D eigenvalue weighted by atomic mass is 10.1. The fourth-order valence-electron chi connectivity index (χ4n) is 1.82. The molecule has 0 aliphatic carbocycles. The van der Waals surface area contributed by atoms with Crippen LogP contribution >= 0.6 is 22.9 Å². The van der Waals surface area contributed by atoms with E-state index >= 15 is 0 Å². The molecule has 0 aliphatic rings. The highest BCUT2D eigenvalue weighted by Gasteiger charge is 2.20. The molecule has 110 valence electrons. The van der Waals surface area contributed by atoms with Gasteiger partial charge < -0.3 is 0 Å². The van der Waals surface area contributed by atoms with Crippen LogP contribution in [0.25, 0.3) is 0 Å². The van der Waals surface area contributed by atoms with Gasteiger partial charge in [-0.1, -0.05) is 29.8 Å². The summed E-state index contributed by atoms with van der Waals surface area (Å²) in [6, 6.07) is 12.3. The van der Waals surface area contributed by atoms with Crippen molar-refractivity contribution in [2.75, 3.05) is 7.05 Å². The minimum Gasteiger partial charge on any atom is -0.212 e. The van der Waals surface area contributed by atoms with Gasteiger partial charge in [0, 0.05) is 18.5 Å². The van der Waals surface area contributed by atoms with E-state index in [4.69, 9.17) is 16.9 Å². The molecule has 0 fully saturated rings. The van der Waals surface area contributed by atoms with Crippen molar-refractivity contribution in [2.45, 2.75) is 12.3 Å². The normalized spacial score (nSPS) is 11.5. The Morgan fingerprint density at radius 3 is 2.62 bits per heavy atom. The van der Waals surface area contributed by atoms with Crippen LogP contribution < -0.4 is 0 Å². The zero-order chi connectivity index (χ0) is 15.5. The Bertz CT molecular complexity index is 778. The molecular weight excluding hydrogens is 328 g/mol. The van der Waals surface area contributed by atoms with E-state index in [9.17, 15) is 8.42 Å². The molecular formula is C14H13ClN2O2S2. The van der Waals surface area contributed by atoms with Crippen molar-refractivity contribution in [1.29, 1.82) is 5.26 Å². The van der Waals surface area contributed by atoms with Crippen molar-refractivity contribution >= 4 is 33.0 Å². The number of halogens is 1. The van der Waals surface area contributed by atoms with Crippen molar-refractivity contribution < 1.29 is 8.42 Å². The van der Waals surface area contributed by atoms with E-state index in [1.807, 2.05) is 12.1 Å². The Morgan fingerprint density at radius 1 is 1.29 bits per heavy atom. The van der Waals surface area contributed by atoms with Gasteiger partial charge in [-0.2, -0.15) is 9.57 Å². The fraction of sp³-hybridized carbons (Fsp3) is 0.214. The second-order valence-corrected chi connectivity index (χ2v) is 8.36. The lowest BCUT2D eigenvalue weighted by Crippen LogP contribution is -2.27. The number of nitrogens with zero attached hydrogens (tertiary/aromatic N) is 2. The topological polar surface area (TPSA) is 61.2 Å². The molecule has 1 aromatic carbocycles. The van der Waals surface area contributed by atoms with Gasteiger partial charge in [-0.3, -0.25) is 0 Å². The molecule has 0 aliphatic heterocycles. The fourth-order valence-corrected chi connectivity index (χ4v) is 4.24. The van der Waals surface area contributed by atoms with Crippen LogP contribution in [0.4, 0.5) is 0 Å². The maximum Gasteiger partial charge on any atom is 0.218 e. The molecule has 0 unspecified atom stereocenters. The molecule has 2 aromatic rings. The van der Waals surface area contributed by atoms with Crippen LogP contribution in [-0.4, -0.2) is 19.8 Å². The number of rotatable bonds is 5. The molecule has 2 rings (SSSR count). The van der Waals surface area contributed by atoms with E-state index in [0.29, 0.717) is 15.5 Å². The van der Waals surface area contributed by atoms with Crippen LogP contribution in [0, 0.1) is 11.3 Å². The molecule has 21 heavy (non-hydrogen) atoms. The summed E-state index contributed by atoms with van der Waals surface area (Å²) in [4.78, 5) is 0.875. The minimum absolute atomic E-state index is 0.188. The maximum absolute atomic E-state index is 12.4. The number of thiophene rings is 1. The number of hydrogen-bond acceptors (Lipinski definition) is 4. The smallest absolute Gasteiger partial charge is 0.212 e. The highest BCUT2D eigenvalue weighted by molar-refractivity contribution is 7.88. The summed E-state index contributed by atoms with van der Waals surface area (Å²) < 4.78 is 26.6. The van der Waals surface area contributed by atoms with Gasteiger partial charge in [-0.15, -0.1) is 11.3 Å². The summed E-state index contributed by atoms with van der Waals surface area (Å²) in [5, 5.41) is 9.02. The summed E-state index contributed by atoms with van der Waals surface area (Å²) >= 11 is 7.20. The Balaban J connectivity index is 2.16. The highest BCUT2D eigenvalue weighted by atomic mass is 35.5. The third-order valence-corrected chi connectivity index (χ3v) is 5.93. The van der Waals surface area contributed by atoms with Gasteiger partial charge in [0.25, 0.3) is 0 Å². The summed E-state index contributed by atoms with van der Waals surface area (Å²) in [6.45, 7) is 0.272. The molecule has 0 bridgehead atoms. The molecule has 4 nitrogen and oxygen atoms in total. The summed E-state index contributed by atoms with van der Waals surface area (Å²) in [5.74, 6) is -0.188. The maximum atomic E-state index is 12.4. The van der Waals surface area contributed by atoms with Gasteiger partial charge in [-0.05, 0) is 23.8 Å². The van der Waals surface area contributed by atoms with Gasteiger partial charge >= 0.3 is 0 Å². The van der Waals surface area contributed by atoms with Crippen molar-refractivity contribution in [3.63, 3.8) is 0 Å². The number of nitriles is 1. The summed E-state index contributed by atoms with van der Waals surface area (Å²) in [5.41, 5.74) is 0.893. The quantitative estimate of drug-likeness (QED) is 0.839. The second kappa shape index (κ2) is 6.58. The minimum atomic E-state index is -3.49. The number of hydrogen-bond donors (Lipinski definition) is 0. The lowest BCUT2D eigenvalue weighted by Gasteiger charge is -2.16. The van der Waals surface area contributed by atoms with E-state index in [2.05, 4.69) is 0 Å². The Hall–Kier alpha value is -1.39. The zero-order valence-electron chi connectivity index (χ0n) is 11.3. The van der Waals surface area contributed by atoms with Crippen LogP contribution in [0.2, 0.25) is 4.34 Å². The zero-order valence-corrected chi connectivity index (χ0v) is 13.7. The average molecular weight is 341 g/mol. The molecule has 1 heterocycles. The Kier molecular flexibility index (Phi) is 5.01. The molecule has 0 spiro atoms. The Morgan fingerprint density at radius 2 is 2.00 bits per heavy atom. The number of sulfonamides is 1. The molecule has 0 saturated heterocycles. The van der Waals surface area contributed by atoms with E-state index in [1.165, 1.54) is 22.7 Å².